The Morgan fingerprint density at radius 2 is 1.94 bits per heavy atom. The molecule has 1 atom stereocenters. The Labute approximate surface area is 113 Å². The highest BCUT2D eigenvalue weighted by molar-refractivity contribution is 6.30. The molecule has 1 heterocycles. The molecule has 3 rings (SSSR count). The smallest absolute Gasteiger partial charge is 0.0665 e. The molecule has 2 aromatic rings. The lowest BCUT2D eigenvalue weighted by Crippen LogP contribution is -2.45. The first-order valence-corrected chi connectivity index (χ1v) is 6.67. The zero-order valence-corrected chi connectivity index (χ0v) is 11.2. The van der Waals surface area contributed by atoms with Gasteiger partial charge in [-0.3, -0.25) is 0 Å². The van der Waals surface area contributed by atoms with Crippen LogP contribution in [0.15, 0.2) is 48.5 Å². The number of halogens is 1. The molecule has 0 saturated heterocycles. The molecule has 2 heteroatoms. The van der Waals surface area contributed by atoms with Gasteiger partial charge in [-0.25, -0.2) is 0 Å². The molecule has 0 amide bonds. The lowest BCUT2D eigenvalue weighted by atomic mass is 9.79. The van der Waals surface area contributed by atoms with Crippen molar-refractivity contribution >= 4 is 11.6 Å². The second-order valence-corrected chi connectivity index (χ2v) is 5.41. The third-order valence-corrected chi connectivity index (χ3v) is 4.07. The van der Waals surface area contributed by atoms with Crippen LogP contribution in [0, 0.1) is 0 Å². The van der Waals surface area contributed by atoms with Gasteiger partial charge in [-0.1, -0.05) is 48.0 Å². The molecular weight excluding hydrogens is 242 g/mol. The van der Waals surface area contributed by atoms with Crippen molar-refractivity contribution in [3.63, 3.8) is 0 Å². The quantitative estimate of drug-likeness (QED) is 0.821. The number of benzene rings is 2. The first kappa shape index (κ1) is 11.8. The number of rotatable bonds is 1. The third kappa shape index (κ3) is 1.84. The average Bonchev–Trinajstić information content (AvgIpc) is 2.39. The average molecular weight is 258 g/mol. The van der Waals surface area contributed by atoms with Gasteiger partial charge in [0.25, 0.3) is 0 Å². The Kier molecular flexibility index (Phi) is 2.89. The van der Waals surface area contributed by atoms with Crippen LogP contribution in [-0.2, 0) is 12.0 Å². The van der Waals surface area contributed by atoms with Crippen LogP contribution in [0.1, 0.15) is 23.6 Å². The predicted molar refractivity (Wildman–Crippen MR) is 76.1 cm³/mol. The maximum absolute atomic E-state index is 6.13. The molecule has 1 aliphatic rings. The van der Waals surface area contributed by atoms with E-state index in [2.05, 4.69) is 48.6 Å². The first-order chi connectivity index (χ1) is 8.70. The van der Waals surface area contributed by atoms with Gasteiger partial charge in [-0.05, 0) is 42.2 Å². The van der Waals surface area contributed by atoms with E-state index in [1.54, 1.807) is 0 Å². The molecule has 1 N–H and O–H groups in total. The molecular formula is C16H16ClN. The first-order valence-electron chi connectivity index (χ1n) is 6.29. The van der Waals surface area contributed by atoms with Gasteiger partial charge in [-0.2, -0.15) is 0 Å². The van der Waals surface area contributed by atoms with E-state index in [0.29, 0.717) is 0 Å². The number of hydrogen-bond donors (Lipinski definition) is 1. The summed E-state index contributed by atoms with van der Waals surface area (Å²) in [6.45, 7) is 3.23. The van der Waals surface area contributed by atoms with Crippen molar-refractivity contribution in [3.8, 4) is 0 Å². The molecule has 92 valence electrons. The summed E-state index contributed by atoms with van der Waals surface area (Å²) in [5.41, 5.74) is 3.87. The molecule has 0 saturated carbocycles. The van der Waals surface area contributed by atoms with Gasteiger partial charge in [0, 0.05) is 11.6 Å². The zero-order chi connectivity index (χ0) is 12.6. The molecule has 0 bridgehead atoms. The summed E-state index contributed by atoms with van der Waals surface area (Å²) in [5.74, 6) is 0. The topological polar surface area (TPSA) is 12.0 Å². The summed E-state index contributed by atoms with van der Waals surface area (Å²) in [6, 6.07) is 16.8. The van der Waals surface area contributed by atoms with Crippen molar-refractivity contribution < 1.29 is 0 Å². The molecule has 0 aromatic heterocycles. The van der Waals surface area contributed by atoms with Crippen molar-refractivity contribution in [2.75, 3.05) is 6.54 Å². The van der Waals surface area contributed by atoms with E-state index in [4.69, 9.17) is 11.6 Å². The molecule has 1 aliphatic heterocycles. The van der Waals surface area contributed by atoms with E-state index in [-0.39, 0.29) is 5.54 Å². The largest absolute Gasteiger partial charge is 0.304 e. The molecule has 18 heavy (non-hydrogen) atoms. The molecule has 0 fully saturated rings. The van der Waals surface area contributed by atoms with Crippen LogP contribution in [0.5, 0.6) is 0 Å². The maximum Gasteiger partial charge on any atom is 0.0665 e. The van der Waals surface area contributed by atoms with E-state index < -0.39 is 0 Å². The summed E-state index contributed by atoms with van der Waals surface area (Å²) >= 11 is 6.13. The Bertz CT molecular complexity index is 579. The predicted octanol–water partition coefficient (Wildman–Crippen LogP) is 3.75. The van der Waals surface area contributed by atoms with Gasteiger partial charge >= 0.3 is 0 Å². The molecule has 1 unspecified atom stereocenters. The molecule has 1 nitrogen and oxygen atoms in total. The van der Waals surface area contributed by atoms with Crippen LogP contribution < -0.4 is 5.32 Å². The highest BCUT2D eigenvalue weighted by atomic mass is 35.5. The van der Waals surface area contributed by atoms with Crippen LogP contribution in [0.3, 0.4) is 0 Å². The van der Waals surface area contributed by atoms with E-state index in [1.807, 2.05) is 12.1 Å². The van der Waals surface area contributed by atoms with Gasteiger partial charge in [0.2, 0.25) is 0 Å². The number of fused-ring (bicyclic) bond motifs is 1. The second-order valence-electron chi connectivity index (χ2n) is 4.97. The highest BCUT2D eigenvalue weighted by Crippen LogP contribution is 2.35. The van der Waals surface area contributed by atoms with E-state index in [0.717, 1.165) is 18.0 Å². The maximum atomic E-state index is 6.13. The molecule has 0 spiro atoms. The fourth-order valence-corrected chi connectivity index (χ4v) is 3.02. The Morgan fingerprint density at radius 3 is 2.78 bits per heavy atom. The van der Waals surface area contributed by atoms with E-state index in [1.165, 1.54) is 16.7 Å². The Balaban J connectivity index is 2.16. The molecule has 0 aliphatic carbocycles. The van der Waals surface area contributed by atoms with Gasteiger partial charge in [0.05, 0.1) is 5.54 Å². The summed E-state index contributed by atoms with van der Waals surface area (Å²) in [7, 11) is 0. The lowest BCUT2D eigenvalue weighted by molar-refractivity contribution is 0.415. The van der Waals surface area contributed by atoms with Crippen molar-refractivity contribution in [1.29, 1.82) is 0 Å². The van der Waals surface area contributed by atoms with Crippen LogP contribution in [-0.4, -0.2) is 6.54 Å². The van der Waals surface area contributed by atoms with Crippen molar-refractivity contribution in [1.82, 2.24) is 5.32 Å². The monoisotopic (exact) mass is 257 g/mol. The van der Waals surface area contributed by atoms with Crippen LogP contribution in [0.25, 0.3) is 0 Å². The summed E-state index contributed by atoms with van der Waals surface area (Å²) in [4.78, 5) is 0. The highest BCUT2D eigenvalue weighted by Gasteiger charge is 2.32. The van der Waals surface area contributed by atoms with Gasteiger partial charge in [-0.15, -0.1) is 0 Å². The van der Waals surface area contributed by atoms with Crippen LogP contribution in [0.4, 0.5) is 0 Å². The second kappa shape index (κ2) is 4.42. The Hall–Kier alpha value is -1.31. The standard InChI is InChI=1S/C16H16ClN/c1-16(13-6-4-7-14(17)11-13)15-8-3-2-5-12(15)9-10-18-16/h2-8,11,18H,9-10H2,1H3. The van der Waals surface area contributed by atoms with Crippen LogP contribution >= 0.6 is 11.6 Å². The fraction of sp³-hybridized carbons (Fsp3) is 0.250. The minimum atomic E-state index is -0.139. The summed E-state index contributed by atoms with van der Waals surface area (Å²) < 4.78 is 0. The normalized spacial score (nSPS) is 22.6. The molecule has 2 aromatic carbocycles. The van der Waals surface area contributed by atoms with Crippen molar-refractivity contribution in [3.05, 3.63) is 70.2 Å². The summed E-state index contributed by atoms with van der Waals surface area (Å²) in [5, 5.41) is 4.43. The minimum Gasteiger partial charge on any atom is -0.304 e. The lowest BCUT2D eigenvalue weighted by Gasteiger charge is -2.38. The molecule has 0 radical (unpaired) electrons. The SMILES string of the molecule is CC1(c2cccc(Cl)c2)NCCc2ccccc21. The van der Waals surface area contributed by atoms with Gasteiger partial charge in [0.15, 0.2) is 0 Å². The zero-order valence-electron chi connectivity index (χ0n) is 10.4. The van der Waals surface area contributed by atoms with Gasteiger partial charge < -0.3 is 5.32 Å². The van der Waals surface area contributed by atoms with E-state index in [9.17, 15) is 0 Å². The van der Waals surface area contributed by atoms with E-state index >= 15 is 0 Å². The fourth-order valence-electron chi connectivity index (χ4n) is 2.83. The number of nitrogens with one attached hydrogen (secondary N) is 1. The number of hydrogen-bond acceptors (Lipinski definition) is 1. The third-order valence-electron chi connectivity index (χ3n) is 3.83. The van der Waals surface area contributed by atoms with Gasteiger partial charge in [0.1, 0.15) is 0 Å². The van der Waals surface area contributed by atoms with Crippen molar-refractivity contribution in [2.45, 2.75) is 18.9 Å². The summed E-state index contributed by atoms with van der Waals surface area (Å²) in [6.07, 6.45) is 1.09. The Morgan fingerprint density at radius 1 is 1.11 bits per heavy atom. The van der Waals surface area contributed by atoms with Crippen molar-refractivity contribution in [2.24, 2.45) is 0 Å². The minimum absolute atomic E-state index is 0.139. The van der Waals surface area contributed by atoms with Crippen LogP contribution in [0.2, 0.25) is 5.02 Å².